The molecule has 0 aliphatic carbocycles. The number of amides is 1. The Labute approximate surface area is 215 Å². The van der Waals surface area contributed by atoms with Crippen molar-refractivity contribution in [1.82, 2.24) is 9.80 Å². The van der Waals surface area contributed by atoms with Gasteiger partial charge in [0.15, 0.2) is 16.7 Å². The quantitative estimate of drug-likeness (QED) is 0.564. The third-order valence-electron chi connectivity index (χ3n) is 6.20. The molecule has 0 saturated carbocycles. The highest BCUT2D eigenvalue weighted by atomic mass is 32.2. The fraction of sp³-hybridized carbons (Fsp3) is 0.296. The maximum Gasteiger partial charge on any atom is 0.254 e. The maximum absolute atomic E-state index is 13.7. The zero-order chi connectivity index (χ0) is 25.8. The van der Waals surface area contributed by atoms with Crippen LogP contribution < -0.4 is 15.2 Å². The summed E-state index contributed by atoms with van der Waals surface area (Å²) in [4.78, 5) is 22.2. The van der Waals surface area contributed by atoms with E-state index in [1.165, 1.54) is 11.8 Å². The molecule has 2 aromatic carbocycles. The fourth-order valence-electron chi connectivity index (χ4n) is 4.32. The van der Waals surface area contributed by atoms with Gasteiger partial charge in [0.2, 0.25) is 0 Å². The molecule has 0 fully saturated rings. The monoisotopic (exact) mass is 503 g/mol. The summed E-state index contributed by atoms with van der Waals surface area (Å²) >= 11 is 1.21. The van der Waals surface area contributed by atoms with Crippen LogP contribution in [0.25, 0.3) is 0 Å². The number of amidine groups is 1. The number of allylic oxidation sites excluding steroid dienone is 2. The highest BCUT2D eigenvalue weighted by Crippen LogP contribution is 2.46. The first kappa shape index (κ1) is 25.2. The number of hydrogen-bond acceptors (Lipinski definition) is 8. The molecule has 0 radical (unpaired) electrons. The molecule has 8 nitrogen and oxygen atoms in total. The van der Waals surface area contributed by atoms with Gasteiger partial charge in [-0.15, -0.1) is 0 Å². The van der Waals surface area contributed by atoms with Crippen LogP contribution in [0.3, 0.4) is 0 Å². The van der Waals surface area contributed by atoms with Crippen molar-refractivity contribution in [2.75, 3.05) is 20.2 Å². The van der Waals surface area contributed by atoms with Crippen LogP contribution in [-0.2, 0) is 11.4 Å². The number of thioether (sulfide) groups is 1. The highest BCUT2D eigenvalue weighted by Gasteiger charge is 2.43. The number of carbonyl (C=O) groups is 1. The minimum absolute atomic E-state index is 0.114. The summed E-state index contributed by atoms with van der Waals surface area (Å²) in [6, 6.07) is 17.1. The summed E-state index contributed by atoms with van der Waals surface area (Å²) in [6.07, 6.45) is 0. The average molecular weight is 504 g/mol. The summed E-state index contributed by atoms with van der Waals surface area (Å²) < 4.78 is 11.7. The van der Waals surface area contributed by atoms with Gasteiger partial charge in [-0.05, 0) is 55.8 Å². The van der Waals surface area contributed by atoms with E-state index < -0.39 is 6.04 Å². The maximum atomic E-state index is 13.7. The third kappa shape index (κ3) is 4.64. The molecule has 0 bridgehead atoms. The number of hydrogen-bond donors (Lipinski definition) is 1. The Morgan fingerprint density at radius 3 is 2.56 bits per heavy atom. The smallest absolute Gasteiger partial charge is 0.254 e. The van der Waals surface area contributed by atoms with Gasteiger partial charge in [0, 0.05) is 13.1 Å². The number of fused-ring (bicyclic) bond motifs is 1. The van der Waals surface area contributed by atoms with E-state index in [4.69, 9.17) is 15.2 Å². The number of nitrogens with zero attached hydrogens (tertiary/aromatic N) is 4. The van der Waals surface area contributed by atoms with E-state index in [0.29, 0.717) is 52.5 Å². The molecule has 9 heteroatoms. The predicted molar refractivity (Wildman–Crippen MR) is 141 cm³/mol. The van der Waals surface area contributed by atoms with Gasteiger partial charge in [0.05, 0.1) is 24.4 Å². The molecule has 2 aliphatic heterocycles. The number of methoxy groups -OCH3 is 1. The van der Waals surface area contributed by atoms with Crippen molar-refractivity contribution in [3.8, 4) is 17.6 Å². The van der Waals surface area contributed by atoms with E-state index in [1.54, 1.807) is 16.9 Å². The largest absolute Gasteiger partial charge is 0.493 e. The molecule has 36 heavy (non-hydrogen) atoms. The van der Waals surface area contributed by atoms with Crippen LogP contribution in [0.4, 0.5) is 0 Å². The van der Waals surface area contributed by atoms with E-state index in [9.17, 15) is 10.1 Å². The first-order chi connectivity index (χ1) is 17.4. The molecule has 2 aliphatic rings. The van der Waals surface area contributed by atoms with Gasteiger partial charge in [0.25, 0.3) is 5.91 Å². The Morgan fingerprint density at radius 1 is 1.19 bits per heavy atom. The standard InChI is InChI=1S/C27H29N5O3S/c1-5-31(6-2)26(33)23-17(3)30-27-32(25(29)22(15-28)36-27)24(23)19-12-13-20(21(14-19)34-4)35-16-18-10-8-7-9-11-18/h7-14,24H,5-6,16,29H2,1-4H3/t24-/m1/s1. The Hall–Kier alpha value is -3.90. The Bertz CT molecular complexity index is 1290. The summed E-state index contributed by atoms with van der Waals surface area (Å²) in [7, 11) is 1.58. The van der Waals surface area contributed by atoms with Crippen molar-refractivity contribution in [3.05, 3.63) is 81.7 Å². The summed E-state index contributed by atoms with van der Waals surface area (Å²) in [5.41, 5.74) is 9.35. The first-order valence-corrected chi connectivity index (χ1v) is 12.5. The van der Waals surface area contributed by atoms with Crippen LogP contribution in [0.15, 0.2) is 75.5 Å². The molecule has 4 rings (SSSR count). The Kier molecular flexibility index (Phi) is 7.55. The van der Waals surface area contributed by atoms with Gasteiger partial charge >= 0.3 is 0 Å². The zero-order valence-corrected chi connectivity index (χ0v) is 21.6. The number of nitrogens with two attached hydrogens (primary N) is 1. The molecule has 1 amide bonds. The van der Waals surface area contributed by atoms with Gasteiger partial charge < -0.3 is 20.1 Å². The van der Waals surface area contributed by atoms with Crippen molar-refractivity contribution < 1.29 is 14.3 Å². The second-order valence-electron chi connectivity index (χ2n) is 8.26. The fourth-order valence-corrected chi connectivity index (χ4v) is 5.24. The zero-order valence-electron chi connectivity index (χ0n) is 20.8. The van der Waals surface area contributed by atoms with Crippen LogP contribution in [0.1, 0.15) is 37.9 Å². The normalized spacial score (nSPS) is 16.9. The number of rotatable bonds is 8. The molecule has 0 saturated heterocycles. The third-order valence-corrected chi connectivity index (χ3v) is 7.17. The minimum atomic E-state index is -0.568. The highest BCUT2D eigenvalue weighted by molar-refractivity contribution is 8.17. The average Bonchev–Trinajstić information content (AvgIpc) is 3.22. The number of benzene rings is 2. The van der Waals surface area contributed by atoms with Crippen molar-refractivity contribution in [2.24, 2.45) is 10.7 Å². The van der Waals surface area contributed by atoms with Gasteiger partial charge in [-0.3, -0.25) is 9.69 Å². The molecule has 2 N–H and O–H groups in total. The van der Waals surface area contributed by atoms with E-state index in [0.717, 1.165) is 11.1 Å². The van der Waals surface area contributed by atoms with E-state index >= 15 is 0 Å². The summed E-state index contributed by atoms with van der Waals surface area (Å²) in [6.45, 7) is 7.23. The van der Waals surface area contributed by atoms with Crippen molar-refractivity contribution in [3.63, 3.8) is 0 Å². The summed E-state index contributed by atoms with van der Waals surface area (Å²) in [5, 5.41) is 10.2. The lowest BCUT2D eigenvalue weighted by molar-refractivity contribution is -0.127. The van der Waals surface area contributed by atoms with E-state index in [2.05, 4.69) is 11.1 Å². The van der Waals surface area contributed by atoms with Gasteiger partial charge in [-0.1, -0.05) is 36.4 Å². The number of aliphatic imine (C=N–C) groups is 1. The predicted octanol–water partition coefficient (Wildman–Crippen LogP) is 4.53. The van der Waals surface area contributed by atoms with Crippen LogP contribution >= 0.6 is 11.8 Å². The summed E-state index contributed by atoms with van der Waals surface area (Å²) in [5.74, 6) is 1.29. The first-order valence-electron chi connectivity index (χ1n) is 11.7. The van der Waals surface area contributed by atoms with Crippen LogP contribution in [0, 0.1) is 11.3 Å². The molecule has 2 aromatic rings. The molecular formula is C27H29N5O3S. The van der Waals surface area contributed by atoms with Crippen molar-refractivity contribution in [2.45, 2.75) is 33.4 Å². The number of ether oxygens (including phenoxy) is 2. The number of nitriles is 1. The lowest BCUT2D eigenvalue weighted by atomic mass is 9.93. The van der Waals surface area contributed by atoms with E-state index in [1.807, 2.05) is 69.3 Å². The molecule has 0 aromatic heterocycles. The lowest BCUT2D eigenvalue weighted by Gasteiger charge is -2.37. The van der Waals surface area contributed by atoms with Crippen LogP contribution in [0.2, 0.25) is 0 Å². The van der Waals surface area contributed by atoms with Crippen LogP contribution in [-0.4, -0.2) is 41.1 Å². The van der Waals surface area contributed by atoms with E-state index in [-0.39, 0.29) is 11.7 Å². The molecule has 0 spiro atoms. The number of likely N-dealkylation sites (N-methyl/N-ethyl adjacent to an activating group) is 1. The van der Waals surface area contributed by atoms with Gasteiger partial charge in [0.1, 0.15) is 23.4 Å². The minimum Gasteiger partial charge on any atom is -0.493 e. The van der Waals surface area contributed by atoms with Crippen molar-refractivity contribution in [1.29, 1.82) is 5.26 Å². The molecular weight excluding hydrogens is 474 g/mol. The van der Waals surface area contributed by atoms with Gasteiger partial charge in [-0.25, -0.2) is 4.99 Å². The molecule has 186 valence electrons. The lowest BCUT2D eigenvalue weighted by Crippen LogP contribution is -2.42. The molecule has 1 atom stereocenters. The second-order valence-corrected chi connectivity index (χ2v) is 9.23. The van der Waals surface area contributed by atoms with Gasteiger partial charge in [-0.2, -0.15) is 5.26 Å². The molecule has 0 unspecified atom stereocenters. The van der Waals surface area contributed by atoms with Crippen LogP contribution in [0.5, 0.6) is 11.5 Å². The Morgan fingerprint density at radius 2 is 1.92 bits per heavy atom. The SMILES string of the molecule is CCN(CC)C(=O)C1=C(C)N=C2SC(C#N)=C(N)N2[C@@H]1c1ccc(OCc2ccccc2)c(OC)c1. The van der Waals surface area contributed by atoms with Crippen molar-refractivity contribution >= 4 is 22.8 Å². The Balaban J connectivity index is 1.77. The number of carbonyl (C=O) groups excluding carboxylic acids is 1. The topological polar surface area (TPSA) is 104 Å². The molecule has 2 heterocycles. The second kappa shape index (κ2) is 10.8.